The van der Waals surface area contributed by atoms with E-state index in [2.05, 4.69) is 57.2 Å². The van der Waals surface area contributed by atoms with Crippen LogP contribution in [-0.2, 0) is 24.2 Å². The van der Waals surface area contributed by atoms with E-state index in [4.69, 9.17) is 5.11 Å². The summed E-state index contributed by atoms with van der Waals surface area (Å²) < 4.78 is 1.07. The number of nitrogens with zero attached hydrogens (tertiary/aromatic N) is 1. The third-order valence-electron chi connectivity index (χ3n) is 4.35. The fraction of sp³-hybridized carbons (Fsp3) is 0.316. The number of carboxylic acids is 1. The molecule has 1 aliphatic rings. The average molecular weight is 374 g/mol. The summed E-state index contributed by atoms with van der Waals surface area (Å²) in [5.74, 6) is -1.10. The van der Waals surface area contributed by atoms with Crippen LogP contribution in [0.1, 0.15) is 23.6 Å². The molecular weight excluding hydrogens is 354 g/mol. The first-order valence-corrected chi connectivity index (χ1v) is 8.67. The number of anilines is 1. The predicted molar refractivity (Wildman–Crippen MR) is 95.8 cm³/mol. The summed E-state index contributed by atoms with van der Waals surface area (Å²) in [6, 6.07) is 14.7. The minimum Gasteiger partial charge on any atom is -0.481 e. The van der Waals surface area contributed by atoms with Gasteiger partial charge in [0.25, 0.3) is 0 Å². The van der Waals surface area contributed by atoms with Crippen molar-refractivity contribution in [3.05, 3.63) is 63.6 Å². The van der Waals surface area contributed by atoms with Gasteiger partial charge < -0.3 is 10.0 Å². The van der Waals surface area contributed by atoms with Crippen LogP contribution in [0.4, 0.5) is 5.69 Å². The van der Waals surface area contributed by atoms with E-state index in [1.165, 1.54) is 16.8 Å². The van der Waals surface area contributed by atoms with Crippen molar-refractivity contribution < 1.29 is 9.90 Å². The summed E-state index contributed by atoms with van der Waals surface area (Å²) in [6.45, 7) is 3.66. The molecule has 2 aromatic carbocycles. The fourth-order valence-electron chi connectivity index (χ4n) is 3.15. The molecule has 0 amide bonds. The molecule has 0 saturated carbocycles. The first kappa shape index (κ1) is 16.1. The quantitative estimate of drug-likeness (QED) is 0.850. The second-order valence-corrected chi connectivity index (χ2v) is 7.04. The molecule has 0 saturated heterocycles. The summed E-state index contributed by atoms with van der Waals surface area (Å²) in [5.41, 5.74) is 4.95. The van der Waals surface area contributed by atoms with Gasteiger partial charge in [0, 0.05) is 17.6 Å². The second-order valence-electron chi connectivity index (χ2n) is 6.19. The standard InChI is InChI=1S/C19H20BrNO2/c1-13(19(22)23)9-15-10-16-7-8-21(18(16)17(20)11-15)12-14-5-3-2-4-6-14/h2-6,10-11,13H,7-9,12H2,1H3,(H,22,23)/t13-/m1/s1. The summed E-state index contributed by atoms with van der Waals surface area (Å²) in [7, 11) is 0. The molecule has 23 heavy (non-hydrogen) atoms. The Hall–Kier alpha value is -1.81. The van der Waals surface area contributed by atoms with Gasteiger partial charge in [-0.15, -0.1) is 0 Å². The first-order valence-electron chi connectivity index (χ1n) is 7.87. The van der Waals surface area contributed by atoms with Gasteiger partial charge in [-0.3, -0.25) is 4.79 Å². The molecule has 1 heterocycles. The molecular formula is C19H20BrNO2. The third-order valence-corrected chi connectivity index (χ3v) is 4.95. The zero-order valence-corrected chi connectivity index (χ0v) is 14.7. The lowest BCUT2D eigenvalue weighted by atomic mass is 9.99. The van der Waals surface area contributed by atoms with Crippen LogP contribution in [-0.4, -0.2) is 17.6 Å². The highest BCUT2D eigenvalue weighted by Crippen LogP contribution is 2.38. The van der Waals surface area contributed by atoms with Crippen LogP contribution in [0.2, 0.25) is 0 Å². The molecule has 2 aromatic rings. The third kappa shape index (κ3) is 3.58. The molecule has 3 rings (SSSR count). The Morgan fingerprint density at radius 1 is 1.26 bits per heavy atom. The van der Waals surface area contributed by atoms with Crippen LogP contribution in [0.15, 0.2) is 46.9 Å². The summed E-state index contributed by atoms with van der Waals surface area (Å²) in [5, 5.41) is 9.09. The molecule has 120 valence electrons. The van der Waals surface area contributed by atoms with E-state index in [9.17, 15) is 4.79 Å². The van der Waals surface area contributed by atoms with Gasteiger partial charge in [0.2, 0.25) is 0 Å². The summed E-state index contributed by atoms with van der Waals surface area (Å²) >= 11 is 3.69. The molecule has 3 nitrogen and oxygen atoms in total. The minimum atomic E-state index is -0.743. The van der Waals surface area contributed by atoms with Crippen molar-refractivity contribution in [2.45, 2.75) is 26.3 Å². The lowest BCUT2D eigenvalue weighted by Crippen LogP contribution is -2.20. The van der Waals surface area contributed by atoms with Crippen molar-refractivity contribution in [1.29, 1.82) is 0 Å². The number of rotatable bonds is 5. The monoisotopic (exact) mass is 373 g/mol. The van der Waals surface area contributed by atoms with Gasteiger partial charge in [0.1, 0.15) is 0 Å². The zero-order chi connectivity index (χ0) is 16.4. The van der Waals surface area contributed by atoms with E-state index in [1.54, 1.807) is 6.92 Å². The van der Waals surface area contributed by atoms with E-state index < -0.39 is 5.97 Å². The number of hydrogen-bond acceptors (Lipinski definition) is 2. The molecule has 0 bridgehead atoms. The molecule has 1 N–H and O–H groups in total. The number of carboxylic acid groups (broad SMARTS) is 1. The summed E-state index contributed by atoms with van der Waals surface area (Å²) in [6.07, 6.45) is 1.58. The van der Waals surface area contributed by atoms with Crippen LogP contribution in [0, 0.1) is 5.92 Å². The molecule has 0 aliphatic carbocycles. The molecule has 1 aliphatic heterocycles. The molecule has 1 atom stereocenters. The maximum Gasteiger partial charge on any atom is 0.306 e. The Morgan fingerprint density at radius 3 is 2.70 bits per heavy atom. The van der Waals surface area contributed by atoms with Crippen molar-refractivity contribution >= 4 is 27.6 Å². The minimum absolute atomic E-state index is 0.359. The van der Waals surface area contributed by atoms with Gasteiger partial charge in [-0.05, 0) is 51.5 Å². The van der Waals surface area contributed by atoms with Crippen LogP contribution in [0.25, 0.3) is 0 Å². The molecule has 4 heteroatoms. The topological polar surface area (TPSA) is 40.5 Å². The van der Waals surface area contributed by atoms with Gasteiger partial charge in [0.15, 0.2) is 0 Å². The highest BCUT2D eigenvalue weighted by atomic mass is 79.9. The number of benzene rings is 2. The molecule has 0 aromatic heterocycles. The maximum atomic E-state index is 11.1. The van der Waals surface area contributed by atoms with Gasteiger partial charge in [-0.25, -0.2) is 0 Å². The number of hydrogen-bond donors (Lipinski definition) is 1. The van der Waals surface area contributed by atoms with E-state index in [0.717, 1.165) is 29.5 Å². The van der Waals surface area contributed by atoms with E-state index in [0.29, 0.717) is 6.42 Å². The van der Waals surface area contributed by atoms with Crippen molar-refractivity contribution in [1.82, 2.24) is 0 Å². The van der Waals surface area contributed by atoms with Gasteiger partial charge >= 0.3 is 5.97 Å². The van der Waals surface area contributed by atoms with Gasteiger partial charge in [-0.1, -0.05) is 43.3 Å². The molecule has 0 spiro atoms. The first-order chi connectivity index (χ1) is 11.0. The Kier molecular flexibility index (Phi) is 4.71. The van der Waals surface area contributed by atoms with Gasteiger partial charge in [0.05, 0.1) is 11.6 Å². The average Bonchev–Trinajstić information content (AvgIpc) is 2.91. The van der Waals surface area contributed by atoms with Crippen molar-refractivity contribution in [2.24, 2.45) is 5.92 Å². The smallest absolute Gasteiger partial charge is 0.306 e. The Labute approximate surface area is 145 Å². The van der Waals surface area contributed by atoms with E-state index in [1.807, 2.05) is 6.07 Å². The predicted octanol–water partition coefficient (Wildman–Crippen LogP) is 4.28. The lowest BCUT2D eigenvalue weighted by Gasteiger charge is -2.21. The van der Waals surface area contributed by atoms with Crippen LogP contribution in [0.5, 0.6) is 0 Å². The normalized spacial score (nSPS) is 14.6. The summed E-state index contributed by atoms with van der Waals surface area (Å²) in [4.78, 5) is 13.4. The van der Waals surface area contributed by atoms with E-state index >= 15 is 0 Å². The van der Waals surface area contributed by atoms with Crippen LogP contribution >= 0.6 is 15.9 Å². The maximum absolute atomic E-state index is 11.1. The Balaban J connectivity index is 1.82. The molecule has 0 unspecified atom stereocenters. The molecule has 0 fully saturated rings. The van der Waals surface area contributed by atoms with Crippen molar-refractivity contribution in [3.8, 4) is 0 Å². The number of fused-ring (bicyclic) bond motifs is 1. The highest BCUT2D eigenvalue weighted by molar-refractivity contribution is 9.10. The van der Waals surface area contributed by atoms with Crippen molar-refractivity contribution in [2.75, 3.05) is 11.4 Å². The second kappa shape index (κ2) is 6.75. The van der Waals surface area contributed by atoms with E-state index in [-0.39, 0.29) is 5.92 Å². The highest BCUT2D eigenvalue weighted by Gasteiger charge is 2.23. The number of aliphatic carboxylic acids is 1. The van der Waals surface area contributed by atoms with Crippen molar-refractivity contribution in [3.63, 3.8) is 0 Å². The number of carbonyl (C=O) groups is 1. The largest absolute Gasteiger partial charge is 0.481 e. The van der Waals surface area contributed by atoms with Gasteiger partial charge in [-0.2, -0.15) is 0 Å². The number of halogens is 1. The fourth-order valence-corrected chi connectivity index (χ4v) is 3.95. The van der Waals surface area contributed by atoms with Crippen LogP contribution < -0.4 is 4.90 Å². The molecule has 0 radical (unpaired) electrons. The Morgan fingerprint density at radius 2 is 2.00 bits per heavy atom. The zero-order valence-electron chi connectivity index (χ0n) is 13.1. The van der Waals surface area contributed by atoms with Crippen LogP contribution in [0.3, 0.4) is 0 Å². The Bertz CT molecular complexity index is 715. The lowest BCUT2D eigenvalue weighted by molar-refractivity contribution is -0.141. The SMILES string of the molecule is C[C@H](Cc1cc(Br)c2c(c1)CCN2Cc1ccccc1)C(=O)O.